The molecular weight excluding hydrogens is 320 g/mol. The SMILES string of the molecule is Cn1cc(C2CC(=O)NC23CCN(C(=O)c2cnccn2)CC3)cn1. The van der Waals surface area contributed by atoms with Gasteiger partial charge in [-0.05, 0) is 18.4 Å². The third-order valence-corrected chi connectivity index (χ3v) is 5.30. The minimum absolute atomic E-state index is 0.0718. The summed E-state index contributed by atoms with van der Waals surface area (Å²) in [7, 11) is 1.88. The number of piperidine rings is 1. The molecule has 4 heterocycles. The Labute approximate surface area is 145 Å². The Morgan fingerprint density at radius 3 is 2.72 bits per heavy atom. The molecule has 2 aromatic rings. The van der Waals surface area contributed by atoms with Crippen molar-refractivity contribution in [2.24, 2.45) is 7.05 Å². The number of aromatic nitrogens is 4. The molecule has 0 aliphatic carbocycles. The first-order valence-corrected chi connectivity index (χ1v) is 8.42. The largest absolute Gasteiger partial charge is 0.350 e. The van der Waals surface area contributed by atoms with Crippen LogP contribution in [-0.2, 0) is 11.8 Å². The second-order valence-electron chi connectivity index (χ2n) is 6.79. The number of nitrogens with zero attached hydrogens (tertiary/aromatic N) is 5. The lowest BCUT2D eigenvalue weighted by molar-refractivity contribution is -0.120. The van der Waals surface area contributed by atoms with E-state index in [1.807, 2.05) is 19.4 Å². The van der Waals surface area contributed by atoms with Crippen molar-refractivity contribution in [2.75, 3.05) is 13.1 Å². The molecule has 1 spiro atoms. The van der Waals surface area contributed by atoms with E-state index in [4.69, 9.17) is 0 Å². The van der Waals surface area contributed by atoms with Gasteiger partial charge >= 0.3 is 0 Å². The van der Waals surface area contributed by atoms with Crippen LogP contribution in [0.1, 0.15) is 41.2 Å². The first-order chi connectivity index (χ1) is 12.1. The van der Waals surface area contributed by atoms with E-state index in [0.717, 1.165) is 18.4 Å². The Balaban J connectivity index is 1.51. The maximum Gasteiger partial charge on any atom is 0.274 e. The number of hydrogen-bond acceptors (Lipinski definition) is 5. The molecule has 2 amide bonds. The molecule has 4 rings (SSSR count). The van der Waals surface area contributed by atoms with Gasteiger partial charge in [-0.15, -0.1) is 0 Å². The summed E-state index contributed by atoms with van der Waals surface area (Å²) in [5.41, 5.74) is 1.14. The minimum atomic E-state index is -0.292. The van der Waals surface area contributed by atoms with Crippen molar-refractivity contribution >= 4 is 11.8 Å². The molecule has 0 aromatic carbocycles. The van der Waals surface area contributed by atoms with Crippen LogP contribution >= 0.6 is 0 Å². The second kappa shape index (κ2) is 5.94. The fraction of sp³-hybridized carbons (Fsp3) is 0.471. The Kier molecular flexibility index (Phi) is 3.74. The van der Waals surface area contributed by atoms with Crippen LogP contribution < -0.4 is 5.32 Å². The number of hydrogen-bond donors (Lipinski definition) is 1. The molecule has 1 unspecified atom stereocenters. The smallest absolute Gasteiger partial charge is 0.274 e. The lowest BCUT2D eigenvalue weighted by atomic mass is 9.75. The Bertz CT molecular complexity index is 794. The van der Waals surface area contributed by atoms with Gasteiger partial charge in [0.05, 0.1) is 17.9 Å². The summed E-state index contributed by atoms with van der Waals surface area (Å²) in [6.45, 7) is 1.18. The molecule has 2 aliphatic heterocycles. The predicted molar refractivity (Wildman–Crippen MR) is 88.6 cm³/mol. The molecule has 130 valence electrons. The summed E-state index contributed by atoms with van der Waals surface area (Å²) < 4.78 is 1.76. The first-order valence-electron chi connectivity index (χ1n) is 8.42. The van der Waals surface area contributed by atoms with Gasteiger partial charge in [-0.1, -0.05) is 0 Å². The van der Waals surface area contributed by atoms with Gasteiger partial charge in [0.25, 0.3) is 5.91 Å². The van der Waals surface area contributed by atoms with Crippen LogP contribution in [0.25, 0.3) is 0 Å². The zero-order chi connectivity index (χ0) is 17.4. The van der Waals surface area contributed by atoms with Gasteiger partial charge in [0.1, 0.15) is 5.69 Å². The lowest BCUT2D eigenvalue weighted by Gasteiger charge is -2.42. The van der Waals surface area contributed by atoms with E-state index in [1.165, 1.54) is 12.4 Å². The number of amides is 2. The van der Waals surface area contributed by atoms with Gasteiger partial charge in [-0.25, -0.2) is 4.98 Å². The molecule has 2 fully saturated rings. The Hall–Kier alpha value is -2.77. The highest BCUT2D eigenvalue weighted by atomic mass is 16.2. The molecular formula is C17H20N6O2. The molecule has 2 aromatic heterocycles. The average molecular weight is 340 g/mol. The highest BCUT2D eigenvalue weighted by molar-refractivity contribution is 5.92. The van der Waals surface area contributed by atoms with Crippen molar-refractivity contribution in [1.82, 2.24) is 30.0 Å². The van der Waals surface area contributed by atoms with Crippen molar-refractivity contribution in [2.45, 2.75) is 30.7 Å². The number of carbonyl (C=O) groups is 2. The summed E-state index contributed by atoms with van der Waals surface area (Å²) in [6.07, 6.45) is 10.3. The maximum atomic E-state index is 12.5. The van der Waals surface area contributed by atoms with Crippen LogP contribution in [0.15, 0.2) is 31.0 Å². The van der Waals surface area contributed by atoms with Gasteiger partial charge in [-0.2, -0.15) is 5.10 Å². The van der Waals surface area contributed by atoms with Crippen LogP contribution in [0.4, 0.5) is 0 Å². The van der Waals surface area contributed by atoms with Crippen molar-refractivity contribution in [3.63, 3.8) is 0 Å². The molecule has 8 nitrogen and oxygen atoms in total. The van der Waals surface area contributed by atoms with Crippen molar-refractivity contribution in [3.8, 4) is 0 Å². The van der Waals surface area contributed by atoms with Gasteiger partial charge < -0.3 is 10.2 Å². The van der Waals surface area contributed by atoms with Crippen LogP contribution in [0, 0.1) is 0 Å². The number of carbonyl (C=O) groups excluding carboxylic acids is 2. The fourth-order valence-corrected chi connectivity index (χ4v) is 4.01. The molecule has 0 bridgehead atoms. The van der Waals surface area contributed by atoms with Gasteiger partial charge in [0, 0.05) is 51.1 Å². The predicted octanol–water partition coefficient (Wildman–Crippen LogP) is 0.489. The van der Waals surface area contributed by atoms with E-state index in [9.17, 15) is 9.59 Å². The average Bonchev–Trinajstić information content (AvgIpc) is 3.19. The van der Waals surface area contributed by atoms with E-state index >= 15 is 0 Å². The van der Waals surface area contributed by atoms with Crippen LogP contribution in [0.5, 0.6) is 0 Å². The highest BCUT2D eigenvalue weighted by Crippen LogP contribution is 2.43. The van der Waals surface area contributed by atoms with Crippen molar-refractivity contribution in [1.29, 1.82) is 0 Å². The molecule has 8 heteroatoms. The third-order valence-electron chi connectivity index (χ3n) is 5.30. The normalized spacial score (nSPS) is 22.2. The Morgan fingerprint density at radius 1 is 1.28 bits per heavy atom. The summed E-state index contributed by atoms with van der Waals surface area (Å²) in [6, 6.07) is 0. The zero-order valence-corrected chi connectivity index (χ0v) is 14.1. The van der Waals surface area contributed by atoms with Gasteiger partial charge in [0.2, 0.25) is 5.91 Å². The quantitative estimate of drug-likeness (QED) is 0.859. The first kappa shape index (κ1) is 15.7. The molecule has 2 aliphatic rings. The van der Waals surface area contributed by atoms with E-state index in [1.54, 1.807) is 15.8 Å². The number of likely N-dealkylation sites (tertiary alicyclic amines) is 1. The summed E-state index contributed by atoms with van der Waals surface area (Å²) in [4.78, 5) is 34.5. The number of aryl methyl sites for hydroxylation is 1. The second-order valence-corrected chi connectivity index (χ2v) is 6.79. The number of rotatable bonds is 2. The molecule has 2 saturated heterocycles. The van der Waals surface area contributed by atoms with E-state index in [0.29, 0.717) is 25.2 Å². The van der Waals surface area contributed by atoms with Crippen LogP contribution in [-0.4, -0.2) is 55.1 Å². The van der Waals surface area contributed by atoms with E-state index in [-0.39, 0.29) is 23.3 Å². The molecule has 25 heavy (non-hydrogen) atoms. The fourth-order valence-electron chi connectivity index (χ4n) is 4.01. The topological polar surface area (TPSA) is 93.0 Å². The van der Waals surface area contributed by atoms with Crippen molar-refractivity contribution < 1.29 is 9.59 Å². The monoisotopic (exact) mass is 340 g/mol. The molecule has 0 radical (unpaired) electrons. The van der Waals surface area contributed by atoms with Gasteiger partial charge in [0.15, 0.2) is 0 Å². The lowest BCUT2D eigenvalue weighted by Crippen LogP contribution is -2.54. The molecule has 1 N–H and O–H groups in total. The maximum absolute atomic E-state index is 12.5. The summed E-state index contributed by atoms with van der Waals surface area (Å²) in [5, 5.41) is 7.43. The number of nitrogens with one attached hydrogen (secondary N) is 1. The molecule has 0 saturated carbocycles. The highest BCUT2D eigenvalue weighted by Gasteiger charge is 2.49. The van der Waals surface area contributed by atoms with E-state index < -0.39 is 0 Å². The van der Waals surface area contributed by atoms with Gasteiger partial charge in [-0.3, -0.25) is 19.3 Å². The third kappa shape index (κ3) is 2.77. The molecule has 1 atom stereocenters. The van der Waals surface area contributed by atoms with Crippen LogP contribution in [0.2, 0.25) is 0 Å². The van der Waals surface area contributed by atoms with Crippen molar-refractivity contribution in [3.05, 3.63) is 42.2 Å². The zero-order valence-electron chi connectivity index (χ0n) is 14.1. The van der Waals surface area contributed by atoms with Crippen LogP contribution in [0.3, 0.4) is 0 Å². The summed E-state index contributed by atoms with van der Waals surface area (Å²) in [5.74, 6) is 0.0650. The van der Waals surface area contributed by atoms with E-state index in [2.05, 4.69) is 20.4 Å². The standard InChI is InChI=1S/C17H20N6O2/c1-22-11-12(9-20-22)13-8-15(24)21-17(13)2-6-23(7-3-17)16(25)14-10-18-4-5-19-14/h4-5,9-11,13H,2-3,6-8H2,1H3,(H,21,24). The minimum Gasteiger partial charge on any atom is -0.350 e. The Morgan fingerprint density at radius 2 is 2.08 bits per heavy atom. The summed E-state index contributed by atoms with van der Waals surface area (Å²) >= 11 is 0.